The molecule has 5 rings (SSSR count). The summed E-state index contributed by atoms with van der Waals surface area (Å²) < 4.78 is 0. The van der Waals surface area contributed by atoms with Gasteiger partial charge < -0.3 is 15.3 Å². The van der Waals surface area contributed by atoms with Crippen molar-refractivity contribution in [1.82, 2.24) is 10.2 Å². The van der Waals surface area contributed by atoms with E-state index in [2.05, 4.69) is 77.0 Å². The van der Waals surface area contributed by atoms with Crippen LogP contribution in [-0.2, 0) is 4.79 Å². The molecule has 3 aliphatic rings. The van der Waals surface area contributed by atoms with Crippen LogP contribution in [0.2, 0.25) is 0 Å². The molecule has 0 radical (unpaired) electrons. The number of carbonyl (C=O) groups excluding carboxylic acids is 1. The molecule has 4 heteroatoms. The zero-order valence-electron chi connectivity index (χ0n) is 22.1. The van der Waals surface area contributed by atoms with E-state index in [0.29, 0.717) is 5.92 Å². The summed E-state index contributed by atoms with van der Waals surface area (Å²) in [5, 5.41) is 12.6. The molecule has 0 atom stereocenters. The zero-order chi connectivity index (χ0) is 25.6. The van der Waals surface area contributed by atoms with Gasteiger partial charge in [-0.05, 0) is 110 Å². The van der Waals surface area contributed by atoms with E-state index < -0.39 is 0 Å². The van der Waals surface area contributed by atoms with Gasteiger partial charge >= 0.3 is 0 Å². The van der Waals surface area contributed by atoms with E-state index >= 15 is 0 Å². The Hall–Kier alpha value is -2.95. The van der Waals surface area contributed by atoms with E-state index in [9.17, 15) is 9.90 Å². The molecule has 2 N–H and O–H groups in total. The normalized spacial score (nSPS) is 19.6. The minimum atomic E-state index is -0.0228. The van der Waals surface area contributed by atoms with Crippen LogP contribution >= 0.6 is 0 Å². The van der Waals surface area contributed by atoms with Crippen molar-refractivity contribution in [3.63, 3.8) is 0 Å². The lowest BCUT2D eigenvalue weighted by atomic mass is 9.82. The highest BCUT2D eigenvalue weighted by atomic mass is 16.2. The lowest BCUT2D eigenvalue weighted by Crippen LogP contribution is -2.34. The van der Waals surface area contributed by atoms with Crippen molar-refractivity contribution in [2.24, 2.45) is 0 Å². The molecular weight excluding hydrogens is 456 g/mol. The van der Waals surface area contributed by atoms with Crippen molar-refractivity contribution < 1.29 is 9.90 Å². The summed E-state index contributed by atoms with van der Waals surface area (Å²) >= 11 is 0. The molecule has 0 aromatic heterocycles. The van der Waals surface area contributed by atoms with Crippen molar-refractivity contribution in [1.29, 1.82) is 0 Å². The van der Waals surface area contributed by atoms with Crippen LogP contribution in [0.4, 0.5) is 0 Å². The molecule has 1 amide bonds. The van der Waals surface area contributed by atoms with Gasteiger partial charge in [-0.25, -0.2) is 0 Å². The number of amides is 1. The molecule has 2 fully saturated rings. The highest BCUT2D eigenvalue weighted by Gasteiger charge is 2.32. The van der Waals surface area contributed by atoms with Gasteiger partial charge in [-0.1, -0.05) is 60.7 Å². The number of carbonyl (C=O) groups is 1. The molecule has 1 saturated heterocycles. The Balaban J connectivity index is 1.48. The van der Waals surface area contributed by atoms with Crippen molar-refractivity contribution >= 4 is 17.1 Å². The van der Waals surface area contributed by atoms with Gasteiger partial charge in [-0.3, -0.25) is 4.79 Å². The van der Waals surface area contributed by atoms with E-state index in [0.717, 1.165) is 37.4 Å². The van der Waals surface area contributed by atoms with Crippen LogP contribution in [0.1, 0.15) is 80.9 Å². The van der Waals surface area contributed by atoms with E-state index in [1.165, 1.54) is 72.2 Å². The molecule has 0 bridgehead atoms. The number of hydrogen-bond acceptors (Lipinski definition) is 3. The van der Waals surface area contributed by atoms with Crippen LogP contribution in [-0.4, -0.2) is 41.7 Å². The number of hydrogen-bond donors (Lipinski definition) is 2. The number of likely N-dealkylation sites (tertiary alicyclic amines) is 1. The van der Waals surface area contributed by atoms with E-state index in [1.807, 2.05) is 0 Å². The summed E-state index contributed by atoms with van der Waals surface area (Å²) in [6, 6.07) is 20.8. The third-order valence-electron chi connectivity index (χ3n) is 8.08. The molecule has 2 aliphatic carbocycles. The second-order valence-electron chi connectivity index (χ2n) is 10.8. The molecular formula is C33H40N2O2. The van der Waals surface area contributed by atoms with Gasteiger partial charge in [0.1, 0.15) is 0 Å². The first-order valence-electron chi connectivity index (χ1n) is 14.0. The highest BCUT2D eigenvalue weighted by molar-refractivity contribution is 5.98. The summed E-state index contributed by atoms with van der Waals surface area (Å²) in [6.07, 6.45) is 12.8. The maximum absolute atomic E-state index is 11.6. The summed E-state index contributed by atoms with van der Waals surface area (Å²) in [6.45, 7) is 4.20. The van der Waals surface area contributed by atoms with Crippen LogP contribution in [0.3, 0.4) is 0 Å². The van der Waals surface area contributed by atoms with Gasteiger partial charge in [0.2, 0.25) is 5.91 Å². The van der Waals surface area contributed by atoms with E-state index in [1.54, 1.807) is 6.92 Å². The third kappa shape index (κ3) is 6.49. The predicted molar refractivity (Wildman–Crippen MR) is 152 cm³/mol. The Labute approximate surface area is 221 Å². The summed E-state index contributed by atoms with van der Waals surface area (Å²) in [4.78, 5) is 14.3. The first-order valence-corrected chi connectivity index (χ1v) is 14.0. The van der Waals surface area contributed by atoms with Gasteiger partial charge in [-0.2, -0.15) is 0 Å². The number of aliphatic hydroxyl groups is 1. The minimum absolute atomic E-state index is 0.0228. The molecule has 194 valence electrons. The van der Waals surface area contributed by atoms with Gasteiger partial charge in [0.25, 0.3) is 0 Å². The molecule has 37 heavy (non-hydrogen) atoms. The number of benzene rings is 2. The topological polar surface area (TPSA) is 52.6 Å². The Bertz CT molecular complexity index is 1160. The Morgan fingerprint density at radius 3 is 2.24 bits per heavy atom. The van der Waals surface area contributed by atoms with Crippen LogP contribution in [0.5, 0.6) is 0 Å². The van der Waals surface area contributed by atoms with Gasteiger partial charge in [-0.15, -0.1) is 0 Å². The maximum atomic E-state index is 11.6. The van der Waals surface area contributed by atoms with Crippen LogP contribution < -0.4 is 5.32 Å². The van der Waals surface area contributed by atoms with Gasteiger partial charge in [0.05, 0.1) is 0 Å². The maximum Gasteiger partial charge on any atom is 0.220 e. The second-order valence-corrected chi connectivity index (χ2v) is 10.8. The second kappa shape index (κ2) is 12.1. The lowest BCUT2D eigenvalue weighted by molar-refractivity contribution is -0.118. The number of nitrogens with zero attached hydrogens (tertiary/aromatic N) is 1. The van der Waals surface area contributed by atoms with E-state index in [-0.39, 0.29) is 12.5 Å². The third-order valence-corrected chi connectivity index (χ3v) is 8.08. The quantitative estimate of drug-likeness (QED) is 0.392. The van der Waals surface area contributed by atoms with Crippen molar-refractivity contribution in [3.05, 3.63) is 94.7 Å². The number of rotatable bonds is 9. The monoisotopic (exact) mass is 496 g/mol. The van der Waals surface area contributed by atoms with Crippen LogP contribution in [0.15, 0.2) is 78.0 Å². The Morgan fingerprint density at radius 1 is 0.919 bits per heavy atom. The largest absolute Gasteiger partial charge is 0.396 e. The number of allylic oxidation sites excluding steroid dienone is 6. The molecule has 4 nitrogen and oxygen atoms in total. The Morgan fingerprint density at radius 2 is 1.65 bits per heavy atom. The SMILES string of the molecule is CC(=O)NC1=CC=C(/C(=C(\CCCO)c2ccccc2)c2ccc(C3CCN(C4CC4)CC3)cc2)CC1. The summed E-state index contributed by atoms with van der Waals surface area (Å²) in [5.41, 5.74) is 8.71. The molecule has 0 unspecified atom stereocenters. The van der Waals surface area contributed by atoms with Crippen molar-refractivity contribution in [3.8, 4) is 0 Å². The fourth-order valence-corrected chi connectivity index (χ4v) is 6.00. The standard InChI is InChI=1S/C33H40N2O2/c1-24(37)34-30-15-13-29(14-16-30)33(32(8-5-23-36)27-6-3-2-4-7-27)28-11-9-25(10-12-28)26-19-21-35(22-20-26)31-17-18-31/h2-4,6-7,9-13,15,26,31,36H,5,8,14,16-23H2,1H3,(H,34,37)/b33-32+. The molecule has 2 aromatic carbocycles. The van der Waals surface area contributed by atoms with Crippen LogP contribution in [0, 0.1) is 0 Å². The molecule has 1 saturated carbocycles. The fraction of sp³-hybridized carbons (Fsp3) is 0.424. The first-order chi connectivity index (χ1) is 18.1. The highest BCUT2D eigenvalue weighted by Crippen LogP contribution is 2.40. The number of aliphatic hydroxyl groups excluding tert-OH is 1. The summed E-state index contributed by atoms with van der Waals surface area (Å²) in [7, 11) is 0. The average Bonchev–Trinajstić information content (AvgIpc) is 3.78. The first kappa shape index (κ1) is 25.7. The van der Waals surface area contributed by atoms with Crippen LogP contribution in [0.25, 0.3) is 11.1 Å². The fourth-order valence-electron chi connectivity index (χ4n) is 6.00. The van der Waals surface area contributed by atoms with Gasteiger partial charge in [0.15, 0.2) is 0 Å². The van der Waals surface area contributed by atoms with Gasteiger partial charge in [0, 0.05) is 25.3 Å². The summed E-state index contributed by atoms with van der Waals surface area (Å²) in [5.74, 6) is 0.627. The van der Waals surface area contributed by atoms with E-state index in [4.69, 9.17) is 0 Å². The minimum Gasteiger partial charge on any atom is -0.396 e. The average molecular weight is 497 g/mol. The number of nitrogens with one attached hydrogen (secondary N) is 1. The molecule has 2 aromatic rings. The molecule has 0 spiro atoms. The number of piperidine rings is 1. The van der Waals surface area contributed by atoms with Crippen molar-refractivity contribution in [2.45, 2.75) is 70.3 Å². The van der Waals surface area contributed by atoms with Crippen molar-refractivity contribution in [2.75, 3.05) is 19.7 Å². The smallest absolute Gasteiger partial charge is 0.220 e. The molecule has 1 aliphatic heterocycles. The predicted octanol–water partition coefficient (Wildman–Crippen LogP) is 6.45. The zero-order valence-corrected chi connectivity index (χ0v) is 22.1. The Kier molecular flexibility index (Phi) is 8.38. The lowest BCUT2D eigenvalue weighted by Gasteiger charge is -2.32. The molecule has 1 heterocycles.